The number of fused-ring (bicyclic) bond motifs is 1. The molecule has 0 aliphatic heterocycles. The minimum atomic E-state index is 0.363. The quantitative estimate of drug-likeness (QED) is 0.799. The van der Waals surface area contributed by atoms with Crippen LogP contribution in [0.1, 0.15) is 30.0 Å². The zero-order chi connectivity index (χ0) is 13.2. The molecule has 0 amide bonds. The lowest BCUT2D eigenvalue weighted by Gasteiger charge is -2.27. The van der Waals surface area contributed by atoms with Crippen LogP contribution in [0.4, 0.5) is 11.4 Å². The average Bonchev–Trinajstić information content (AvgIpc) is 2.43. The van der Waals surface area contributed by atoms with E-state index in [9.17, 15) is 0 Å². The maximum atomic E-state index is 6.04. The van der Waals surface area contributed by atoms with Crippen LogP contribution >= 0.6 is 15.9 Å². The van der Waals surface area contributed by atoms with Crippen molar-refractivity contribution in [2.24, 2.45) is 0 Å². The maximum absolute atomic E-state index is 6.04. The van der Waals surface area contributed by atoms with Gasteiger partial charge in [0.2, 0.25) is 0 Å². The zero-order valence-corrected chi connectivity index (χ0v) is 12.3. The summed E-state index contributed by atoms with van der Waals surface area (Å²) in [5.74, 6) is 0. The van der Waals surface area contributed by atoms with Crippen LogP contribution in [0.5, 0.6) is 0 Å². The van der Waals surface area contributed by atoms with E-state index in [2.05, 4.69) is 45.5 Å². The minimum absolute atomic E-state index is 0.363. The third kappa shape index (κ3) is 2.61. The molecule has 1 aliphatic rings. The van der Waals surface area contributed by atoms with Crippen LogP contribution in [0.2, 0.25) is 0 Å². The predicted molar refractivity (Wildman–Crippen MR) is 84.3 cm³/mol. The molecule has 0 spiro atoms. The molecule has 2 nitrogen and oxygen atoms in total. The number of benzene rings is 2. The Morgan fingerprint density at radius 1 is 1.16 bits per heavy atom. The van der Waals surface area contributed by atoms with Crippen molar-refractivity contribution in [3.05, 3.63) is 58.1 Å². The second kappa shape index (κ2) is 5.25. The van der Waals surface area contributed by atoms with E-state index in [4.69, 9.17) is 5.73 Å². The van der Waals surface area contributed by atoms with Gasteiger partial charge in [0.15, 0.2) is 0 Å². The molecule has 2 aromatic rings. The van der Waals surface area contributed by atoms with Gasteiger partial charge in [-0.15, -0.1) is 0 Å². The Morgan fingerprint density at radius 3 is 2.89 bits per heavy atom. The number of anilines is 2. The highest BCUT2D eigenvalue weighted by Gasteiger charge is 2.20. The Balaban J connectivity index is 1.90. The predicted octanol–water partition coefficient (Wildman–Crippen LogP) is 4.52. The second-order valence-electron chi connectivity index (χ2n) is 5.02. The third-order valence-corrected chi connectivity index (χ3v) is 4.21. The molecule has 0 saturated carbocycles. The van der Waals surface area contributed by atoms with Gasteiger partial charge in [0.25, 0.3) is 0 Å². The normalized spacial score (nSPS) is 17.8. The van der Waals surface area contributed by atoms with Gasteiger partial charge >= 0.3 is 0 Å². The summed E-state index contributed by atoms with van der Waals surface area (Å²) < 4.78 is 1.05. The largest absolute Gasteiger partial charge is 0.397 e. The molecule has 0 radical (unpaired) electrons. The average molecular weight is 317 g/mol. The van der Waals surface area contributed by atoms with Gasteiger partial charge in [-0.1, -0.05) is 40.2 Å². The highest BCUT2D eigenvalue weighted by Crippen LogP contribution is 2.34. The van der Waals surface area contributed by atoms with Crippen molar-refractivity contribution < 1.29 is 0 Å². The summed E-state index contributed by atoms with van der Waals surface area (Å²) in [6.07, 6.45) is 3.56. The van der Waals surface area contributed by atoms with Crippen molar-refractivity contribution in [1.29, 1.82) is 0 Å². The van der Waals surface area contributed by atoms with Gasteiger partial charge in [0.05, 0.1) is 17.4 Å². The maximum Gasteiger partial charge on any atom is 0.0590 e. The molecule has 1 atom stereocenters. The first-order valence-electron chi connectivity index (χ1n) is 6.63. The monoisotopic (exact) mass is 316 g/mol. The molecule has 98 valence electrons. The SMILES string of the molecule is Nc1ccc(Br)cc1NC1CCCc2ccccc21. The number of hydrogen-bond donors (Lipinski definition) is 2. The van der Waals surface area contributed by atoms with E-state index < -0.39 is 0 Å². The van der Waals surface area contributed by atoms with E-state index in [1.54, 1.807) is 0 Å². The van der Waals surface area contributed by atoms with Crippen molar-refractivity contribution in [2.45, 2.75) is 25.3 Å². The first-order chi connectivity index (χ1) is 9.24. The summed E-state index contributed by atoms with van der Waals surface area (Å²) in [6, 6.07) is 15.0. The van der Waals surface area contributed by atoms with Gasteiger partial charge in [-0.2, -0.15) is 0 Å². The highest BCUT2D eigenvalue weighted by molar-refractivity contribution is 9.10. The van der Waals surface area contributed by atoms with Crippen LogP contribution in [0.15, 0.2) is 46.9 Å². The Morgan fingerprint density at radius 2 is 2.00 bits per heavy atom. The van der Waals surface area contributed by atoms with E-state index in [1.165, 1.54) is 24.0 Å². The lowest BCUT2D eigenvalue weighted by molar-refractivity contribution is 0.600. The van der Waals surface area contributed by atoms with Gasteiger partial charge in [-0.3, -0.25) is 0 Å². The molecule has 0 saturated heterocycles. The molecule has 3 rings (SSSR count). The van der Waals surface area contributed by atoms with Gasteiger partial charge in [-0.25, -0.2) is 0 Å². The van der Waals surface area contributed by atoms with Crippen molar-refractivity contribution >= 4 is 27.3 Å². The van der Waals surface area contributed by atoms with Crippen molar-refractivity contribution in [1.82, 2.24) is 0 Å². The summed E-state index contributed by atoms with van der Waals surface area (Å²) in [5, 5.41) is 3.59. The number of halogens is 1. The number of aryl methyl sites for hydroxylation is 1. The Labute approximate surface area is 122 Å². The Hall–Kier alpha value is -1.48. The number of nitrogens with two attached hydrogens (primary N) is 1. The summed E-state index contributed by atoms with van der Waals surface area (Å²) in [5.41, 5.74) is 10.7. The molecule has 0 bridgehead atoms. The van der Waals surface area contributed by atoms with Gasteiger partial charge < -0.3 is 11.1 Å². The smallest absolute Gasteiger partial charge is 0.0590 e. The molecule has 0 fully saturated rings. The van der Waals surface area contributed by atoms with Gasteiger partial charge in [-0.05, 0) is 48.6 Å². The molecule has 0 heterocycles. The van der Waals surface area contributed by atoms with Crippen LogP contribution in [0.3, 0.4) is 0 Å². The van der Waals surface area contributed by atoms with E-state index in [-0.39, 0.29) is 0 Å². The molecule has 2 aromatic carbocycles. The van der Waals surface area contributed by atoms with Gasteiger partial charge in [0, 0.05) is 4.47 Å². The van der Waals surface area contributed by atoms with E-state index >= 15 is 0 Å². The summed E-state index contributed by atoms with van der Waals surface area (Å²) in [7, 11) is 0. The Kier molecular flexibility index (Phi) is 3.47. The third-order valence-electron chi connectivity index (χ3n) is 3.71. The Bertz CT molecular complexity index is 595. The number of nitrogen functional groups attached to an aromatic ring is 1. The van der Waals surface area contributed by atoms with Crippen LogP contribution in [-0.4, -0.2) is 0 Å². The number of nitrogens with one attached hydrogen (secondary N) is 1. The molecular weight excluding hydrogens is 300 g/mol. The van der Waals surface area contributed by atoms with Crippen LogP contribution in [-0.2, 0) is 6.42 Å². The number of rotatable bonds is 2. The van der Waals surface area contributed by atoms with Crippen molar-refractivity contribution in [3.8, 4) is 0 Å². The lowest BCUT2D eigenvalue weighted by Crippen LogP contribution is -2.17. The fraction of sp³-hybridized carbons (Fsp3) is 0.250. The second-order valence-corrected chi connectivity index (χ2v) is 5.94. The topological polar surface area (TPSA) is 38.0 Å². The summed E-state index contributed by atoms with van der Waals surface area (Å²) in [4.78, 5) is 0. The highest BCUT2D eigenvalue weighted by atomic mass is 79.9. The van der Waals surface area contributed by atoms with Crippen LogP contribution in [0, 0.1) is 0 Å². The molecular formula is C16H17BrN2. The van der Waals surface area contributed by atoms with Crippen LogP contribution in [0.25, 0.3) is 0 Å². The molecule has 1 aliphatic carbocycles. The standard InChI is InChI=1S/C16H17BrN2/c17-12-8-9-14(18)16(10-12)19-15-7-3-5-11-4-1-2-6-13(11)15/h1-2,4,6,8-10,15,19H,3,5,7,18H2. The van der Waals surface area contributed by atoms with Crippen molar-refractivity contribution in [2.75, 3.05) is 11.1 Å². The zero-order valence-electron chi connectivity index (χ0n) is 10.7. The molecule has 3 N–H and O–H groups in total. The minimum Gasteiger partial charge on any atom is -0.397 e. The van der Waals surface area contributed by atoms with Crippen molar-refractivity contribution in [3.63, 3.8) is 0 Å². The first-order valence-corrected chi connectivity index (χ1v) is 7.43. The van der Waals surface area contributed by atoms with Gasteiger partial charge in [0.1, 0.15) is 0 Å². The van der Waals surface area contributed by atoms with E-state index in [0.29, 0.717) is 6.04 Å². The molecule has 19 heavy (non-hydrogen) atoms. The van der Waals surface area contributed by atoms with Crippen LogP contribution < -0.4 is 11.1 Å². The fourth-order valence-electron chi connectivity index (χ4n) is 2.75. The number of hydrogen-bond acceptors (Lipinski definition) is 2. The summed E-state index contributed by atoms with van der Waals surface area (Å²) in [6.45, 7) is 0. The fourth-order valence-corrected chi connectivity index (χ4v) is 3.11. The molecule has 0 aromatic heterocycles. The van der Waals surface area contributed by atoms with E-state index in [1.807, 2.05) is 18.2 Å². The molecule has 3 heteroatoms. The summed E-state index contributed by atoms with van der Waals surface area (Å²) >= 11 is 3.50. The van der Waals surface area contributed by atoms with E-state index in [0.717, 1.165) is 22.3 Å². The lowest BCUT2D eigenvalue weighted by atomic mass is 9.87. The first kappa shape index (κ1) is 12.5. The molecule has 1 unspecified atom stereocenters.